The van der Waals surface area contributed by atoms with E-state index in [2.05, 4.69) is 15.7 Å². The van der Waals surface area contributed by atoms with Crippen LogP contribution in [0.25, 0.3) is 0 Å². The number of alkyl halides is 3. The van der Waals surface area contributed by atoms with Gasteiger partial charge in [0.2, 0.25) is 5.91 Å². The predicted molar refractivity (Wildman–Crippen MR) is 59.2 cm³/mol. The maximum absolute atomic E-state index is 12.3. The van der Waals surface area contributed by atoms with Crippen molar-refractivity contribution in [3.63, 3.8) is 0 Å². The van der Waals surface area contributed by atoms with Crippen LogP contribution < -0.4 is 10.6 Å². The molecule has 0 unspecified atom stereocenters. The Morgan fingerprint density at radius 3 is 2.53 bits per heavy atom. The summed E-state index contributed by atoms with van der Waals surface area (Å²) in [6, 6.07) is 0.488. The van der Waals surface area contributed by atoms with Crippen LogP contribution in [0.3, 0.4) is 0 Å². The van der Waals surface area contributed by atoms with Gasteiger partial charge in [-0.05, 0) is 13.8 Å². The van der Waals surface area contributed by atoms with Gasteiger partial charge in [-0.15, -0.1) is 0 Å². The van der Waals surface area contributed by atoms with Crippen molar-refractivity contribution in [1.29, 1.82) is 0 Å². The number of hydrogen-bond donors (Lipinski definition) is 3. The number of nitrogens with zero attached hydrogens (tertiary/aromatic N) is 1. The molecular weight excluding hydrogens is 265 g/mol. The molecule has 0 saturated heterocycles. The summed E-state index contributed by atoms with van der Waals surface area (Å²) in [7, 11) is 0. The first-order chi connectivity index (χ1) is 8.70. The second kappa shape index (κ2) is 5.72. The third-order valence-corrected chi connectivity index (χ3v) is 1.98. The number of hydrogen-bond acceptors (Lipinski definition) is 3. The molecule has 0 bridgehead atoms. The van der Waals surface area contributed by atoms with Gasteiger partial charge in [0.25, 0.3) is 5.91 Å². The highest BCUT2D eigenvalue weighted by atomic mass is 19.4. The van der Waals surface area contributed by atoms with Crippen LogP contribution in [0.15, 0.2) is 6.07 Å². The molecule has 3 N–H and O–H groups in total. The third-order valence-electron chi connectivity index (χ3n) is 1.98. The average Bonchev–Trinajstić information content (AvgIpc) is 2.73. The molecule has 0 saturated carbocycles. The van der Waals surface area contributed by atoms with E-state index in [1.807, 2.05) is 0 Å². The lowest BCUT2D eigenvalue weighted by molar-refractivity contribution is -0.141. The number of rotatable bonds is 4. The third kappa shape index (κ3) is 4.60. The van der Waals surface area contributed by atoms with Crippen LogP contribution in [0.2, 0.25) is 0 Å². The molecule has 0 spiro atoms. The lowest BCUT2D eigenvalue weighted by Crippen LogP contribution is -2.39. The monoisotopic (exact) mass is 278 g/mol. The Labute approximate surface area is 106 Å². The van der Waals surface area contributed by atoms with Crippen molar-refractivity contribution in [2.24, 2.45) is 0 Å². The van der Waals surface area contributed by atoms with Gasteiger partial charge in [-0.2, -0.15) is 18.3 Å². The molecule has 2 amide bonds. The van der Waals surface area contributed by atoms with Gasteiger partial charge in [-0.25, -0.2) is 0 Å². The predicted octanol–water partition coefficient (Wildman–Crippen LogP) is 0.683. The quantitative estimate of drug-likeness (QED) is 0.757. The summed E-state index contributed by atoms with van der Waals surface area (Å²) < 4.78 is 36.8. The molecule has 9 heteroatoms. The molecule has 1 rings (SSSR count). The molecular formula is C10H13F3N4O2. The Balaban J connectivity index is 2.55. The number of carbonyl (C=O) groups is 2. The summed E-state index contributed by atoms with van der Waals surface area (Å²) in [6.07, 6.45) is -4.60. The van der Waals surface area contributed by atoms with Gasteiger partial charge in [0.15, 0.2) is 5.69 Å². The molecule has 1 aromatic rings. The lowest BCUT2D eigenvalue weighted by Gasteiger charge is -2.08. The van der Waals surface area contributed by atoms with Gasteiger partial charge in [-0.1, -0.05) is 0 Å². The highest BCUT2D eigenvalue weighted by Crippen LogP contribution is 2.27. The van der Waals surface area contributed by atoms with Gasteiger partial charge >= 0.3 is 6.18 Å². The van der Waals surface area contributed by atoms with Crippen molar-refractivity contribution in [3.05, 3.63) is 17.5 Å². The summed E-state index contributed by atoms with van der Waals surface area (Å²) in [5.74, 6) is -1.29. The number of aromatic amines is 1. The molecule has 106 valence electrons. The highest BCUT2D eigenvalue weighted by Gasteiger charge is 2.33. The fourth-order valence-corrected chi connectivity index (χ4v) is 1.21. The van der Waals surface area contributed by atoms with Crippen molar-refractivity contribution >= 4 is 11.8 Å². The maximum Gasteiger partial charge on any atom is 0.432 e. The fraction of sp³-hybridized carbons (Fsp3) is 0.500. The first-order valence-corrected chi connectivity index (χ1v) is 5.40. The van der Waals surface area contributed by atoms with Crippen LogP contribution in [-0.4, -0.2) is 34.6 Å². The molecule has 1 aromatic heterocycles. The van der Waals surface area contributed by atoms with Crippen LogP contribution in [0.4, 0.5) is 13.2 Å². The van der Waals surface area contributed by atoms with E-state index in [0.29, 0.717) is 6.07 Å². The molecule has 0 aliphatic heterocycles. The highest BCUT2D eigenvalue weighted by molar-refractivity contribution is 5.94. The molecule has 0 radical (unpaired) electrons. The van der Waals surface area contributed by atoms with Crippen LogP contribution in [0.5, 0.6) is 0 Å². The van der Waals surface area contributed by atoms with E-state index in [1.165, 1.54) is 0 Å². The number of halogens is 3. The van der Waals surface area contributed by atoms with E-state index >= 15 is 0 Å². The van der Waals surface area contributed by atoms with E-state index in [-0.39, 0.29) is 12.6 Å². The van der Waals surface area contributed by atoms with E-state index in [9.17, 15) is 22.8 Å². The van der Waals surface area contributed by atoms with Crippen LogP contribution in [-0.2, 0) is 11.0 Å². The zero-order chi connectivity index (χ0) is 14.6. The second-order valence-corrected chi connectivity index (χ2v) is 4.07. The van der Waals surface area contributed by atoms with Crippen molar-refractivity contribution in [2.75, 3.05) is 6.54 Å². The topological polar surface area (TPSA) is 86.9 Å². The van der Waals surface area contributed by atoms with Crippen molar-refractivity contribution in [3.8, 4) is 0 Å². The van der Waals surface area contributed by atoms with Crippen LogP contribution in [0, 0.1) is 0 Å². The van der Waals surface area contributed by atoms with E-state index in [1.54, 1.807) is 18.9 Å². The zero-order valence-corrected chi connectivity index (χ0v) is 10.3. The SMILES string of the molecule is CC(C)NC(=O)CNC(=O)c1cc(C(F)(F)F)[nH]n1. The molecule has 0 aromatic carbocycles. The Morgan fingerprint density at radius 1 is 1.42 bits per heavy atom. The van der Waals surface area contributed by atoms with Crippen molar-refractivity contribution in [1.82, 2.24) is 20.8 Å². The summed E-state index contributed by atoms with van der Waals surface area (Å²) in [5.41, 5.74) is -1.55. The summed E-state index contributed by atoms with van der Waals surface area (Å²) in [4.78, 5) is 22.7. The maximum atomic E-state index is 12.3. The Morgan fingerprint density at radius 2 is 2.05 bits per heavy atom. The van der Waals surface area contributed by atoms with Gasteiger partial charge in [-0.3, -0.25) is 14.7 Å². The Hall–Kier alpha value is -2.06. The number of aromatic nitrogens is 2. The zero-order valence-electron chi connectivity index (χ0n) is 10.3. The normalized spacial score (nSPS) is 11.5. The van der Waals surface area contributed by atoms with Crippen LogP contribution in [0.1, 0.15) is 30.0 Å². The number of H-pyrrole nitrogens is 1. The molecule has 19 heavy (non-hydrogen) atoms. The van der Waals surface area contributed by atoms with Crippen molar-refractivity contribution < 1.29 is 22.8 Å². The number of nitrogens with one attached hydrogen (secondary N) is 3. The number of carbonyl (C=O) groups excluding carboxylic acids is 2. The smallest absolute Gasteiger partial charge is 0.352 e. The summed E-state index contributed by atoms with van der Waals surface area (Å²) in [6.45, 7) is 3.15. The van der Waals surface area contributed by atoms with E-state index in [4.69, 9.17) is 0 Å². The fourth-order valence-electron chi connectivity index (χ4n) is 1.21. The molecule has 0 fully saturated rings. The van der Waals surface area contributed by atoms with Crippen molar-refractivity contribution in [2.45, 2.75) is 26.1 Å². The largest absolute Gasteiger partial charge is 0.432 e. The van der Waals surface area contributed by atoms with Gasteiger partial charge in [0.05, 0.1) is 6.54 Å². The standard InChI is InChI=1S/C10H13F3N4O2/c1-5(2)15-8(18)4-14-9(19)6-3-7(17-16-6)10(11,12)13/h3,5H,4H2,1-2H3,(H,14,19)(H,15,18)(H,16,17). The molecule has 1 heterocycles. The molecule has 0 atom stereocenters. The minimum Gasteiger partial charge on any atom is -0.352 e. The number of amides is 2. The second-order valence-electron chi connectivity index (χ2n) is 4.07. The van der Waals surface area contributed by atoms with Gasteiger partial charge in [0, 0.05) is 12.1 Å². The van der Waals surface area contributed by atoms with Crippen LogP contribution >= 0.6 is 0 Å². The minimum absolute atomic E-state index is 0.0911. The van der Waals surface area contributed by atoms with Gasteiger partial charge in [0.1, 0.15) is 5.69 Å². The summed E-state index contributed by atoms with van der Waals surface area (Å²) >= 11 is 0. The first kappa shape index (κ1) is 15.0. The van der Waals surface area contributed by atoms with Gasteiger partial charge < -0.3 is 10.6 Å². The minimum atomic E-state index is -4.60. The molecule has 0 aliphatic rings. The molecule has 6 nitrogen and oxygen atoms in total. The first-order valence-electron chi connectivity index (χ1n) is 5.40. The molecule has 0 aliphatic carbocycles. The average molecular weight is 278 g/mol. The summed E-state index contributed by atoms with van der Waals surface area (Å²) in [5, 5.41) is 9.63. The lowest BCUT2D eigenvalue weighted by atomic mass is 10.3. The Bertz CT molecular complexity index is 468. The van der Waals surface area contributed by atoms with E-state index < -0.39 is 29.4 Å². The Kier molecular flexibility index (Phi) is 4.52. The van der Waals surface area contributed by atoms with E-state index in [0.717, 1.165) is 0 Å².